The van der Waals surface area contributed by atoms with Gasteiger partial charge in [0.2, 0.25) is 0 Å². The first-order chi connectivity index (χ1) is 9.28. The largest absolute Gasteiger partial charge is 0.381 e. The summed E-state index contributed by atoms with van der Waals surface area (Å²) < 4.78 is 5.41. The highest BCUT2D eigenvalue weighted by atomic mass is 16.5. The van der Waals surface area contributed by atoms with Crippen LogP contribution in [0.3, 0.4) is 0 Å². The molecule has 0 radical (unpaired) electrons. The van der Waals surface area contributed by atoms with E-state index in [2.05, 4.69) is 20.6 Å². The van der Waals surface area contributed by atoms with Crippen molar-refractivity contribution in [2.45, 2.75) is 50.2 Å². The van der Waals surface area contributed by atoms with Gasteiger partial charge in [0.1, 0.15) is 17.5 Å². The van der Waals surface area contributed by atoms with E-state index in [1.165, 1.54) is 12.8 Å². The number of nitrogens with zero attached hydrogens (tertiary/aromatic N) is 2. The Labute approximate surface area is 114 Å². The van der Waals surface area contributed by atoms with Crippen molar-refractivity contribution in [3.05, 3.63) is 11.9 Å². The Balaban J connectivity index is 1.71. The van der Waals surface area contributed by atoms with Crippen LogP contribution >= 0.6 is 0 Å². The van der Waals surface area contributed by atoms with Crippen LogP contribution < -0.4 is 10.6 Å². The van der Waals surface area contributed by atoms with Crippen molar-refractivity contribution < 1.29 is 4.74 Å². The van der Waals surface area contributed by atoms with Gasteiger partial charge in [0.25, 0.3) is 0 Å². The molecule has 1 aromatic rings. The van der Waals surface area contributed by atoms with E-state index < -0.39 is 0 Å². The molecule has 2 saturated carbocycles. The zero-order valence-corrected chi connectivity index (χ0v) is 11.6. The third-order valence-corrected chi connectivity index (χ3v) is 4.01. The number of ether oxygens (including phenoxy) is 1. The monoisotopic (exact) mass is 262 g/mol. The minimum Gasteiger partial charge on any atom is -0.381 e. The molecule has 2 unspecified atom stereocenters. The lowest BCUT2D eigenvalue weighted by Gasteiger charge is -2.15. The summed E-state index contributed by atoms with van der Waals surface area (Å²) in [7, 11) is 3.70. The van der Waals surface area contributed by atoms with Crippen LogP contribution in [0.15, 0.2) is 6.07 Å². The van der Waals surface area contributed by atoms with E-state index in [1.54, 1.807) is 7.11 Å². The van der Waals surface area contributed by atoms with E-state index in [9.17, 15) is 0 Å². The van der Waals surface area contributed by atoms with E-state index in [0.717, 1.165) is 36.7 Å². The second kappa shape index (κ2) is 5.33. The summed E-state index contributed by atoms with van der Waals surface area (Å²) in [5.74, 6) is 3.41. The standard InChI is InChI=1S/C14H22N4O/c1-15-12-8-13(18-14(17-12)9-3-4-9)16-10-5-6-11(7-10)19-2/h8-11H,3-7H2,1-2H3,(H2,15,16,17,18). The highest BCUT2D eigenvalue weighted by molar-refractivity contribution is 5.48. The Bertz CT molecular complexity index is 447. The Morgan fingerprint density at radius 3 is 2.58 bits per heavy atom. The summed E-state index contributed by atoms with van der Waals surface area (Å²) >= 11 is 0. The predicted molar refractivity (Wildman–Crippen MR) is 75.6 cm³/mol. The van der Waals surface area contributed by atoms with E-state index in [0.29, 0.717) is 18.1 Å². The summed E-state index contributed by atoms with van der Waals surface area (Å²) in [4.78, 5) is 9.19. The van der Waals surface area contributed by atoms with Gasteiger partial charge >= 0.3 is 0 Å². The maximum absolute atomic E-state index is 5.41. The quantitative estimate of drug-likeness (QED) is 0.853. The minimum absolute atomic E-state index is 0.394. The average molecular weight is 262 g/mol. The maximum Gasteiger partial charge on any atom is 0.136 e. The number of hydrogen-bond donors (Lipinski definition) is 2. The molecular weight excluding hydrogens is 240 g/mol. The van der Waals surface area contributed by atoms with Crippen LogP contribution in [0.1, 0.15) is 43.8 Å². The van der Waals surface area contributed by atoms with Crippen LogP contribution in [-0.2, 0) is 4.74 Å². The summed E-state index contributed by atoms with van der Waals surface area (Å²) in [6, 6.07) is 2.46. The van der Waals surface area contributed by atoms with Crippen LogP contribution in [0.2, 0.25) is 0 Å². The third-order valence-electron chi connectivity index (χ3n) is 4.01. The van der Waals surface area contributed by atoms with Gasteiger partial charge in [0, 0.05) is 32.2 Å². The number of nitrogens with one attached hydrogen (secondary N) is 2. The molecule has 3 rings (SSSR count). The maximum atomic E-state index is 5.41. The molecule has 2 aliphatic carbocycles. The van der Waals surface area contributed by atoms with Crippen molar-refractivity contribution in [3.63, 3.8) is 0 Å². The Morgan fingerprint density at radius 1 is 1.16 bits per heavy atom. The van der Waals surface area contributed by atoms with Crippen molar-refractivity contribution in [2.24, 2.45) is 0 Å². The van der Waals surface area contributed by atoms with Crippen LogP contribution in [-0.4, -0.2) is 36.3 Å². The minimum atomic E-state index is 0.394. The van der Waals surface area contributed by atoms with Gasteiger partial charge in [-0.3, -0.25) is 0 Å². The van der Waals surface area contributed by atoms with Gasteiger partial charge in [-0.05, 0) is 32.1 Å². The van der Waals surface area contributed by atoms with Crippen LogP contribution in [0.5, 0.6) is 0 Å². The summed E-state index contributed by atoms with van der Waals surface area (Å²) in [6.07, 6.45) is 6.19. The zero-order valence-electron chi connectivity index (χ0n) is 11.6. The molecule has 2 N–H and O–H groups in total. The molecule has 1 aromatic heterocycles. The molecule has 2 aliphatic rings. The Morgan fingerprint density at radius 2 is 1.95 bits per heavy atom. The molecule has 5 nitrogen and oxygen atoms in total. The fourth-order valence-electron chi connectivity index (χ4n) is 2.69. The summed E-state index contributed by atoms with van der Waals surface area (Å²) in [5, 5.41) is 6.65. The SMILES string of the molecule is CNc1cc(NC2CCC(OC)C2)nc(C2CC2)n1. The third kappa shape index (κ3) is 2.97. The molecular formula is C14H22N4O. The van der Waals surface area contributed by atoms with Gasteiger partial charge in [-0.15, -0.1) is 0 Å². The number of rotatable bonds is 5. The fraction of sp³-hybridized carbons (Fsp3) is 0.714. The summed E-state index contributed by atoms with van der Waals surface area (Å²) in [6.45, 7) is 0. The van der Waals surface area contributed by atoms with Crippen molar-refractivity contribution in [2.75, 3.05) is 24.8 Å². The molecule has 2 atom stereocenters. The highest BCUT2D eigenvalue weighted by Crippen LogP contribution is 2.39. The van der Waals surface area contributed by atoms with Gasteiger partial charge in [-0.25, -0.2) is 9.97 Å². The first-order valence-corrected chi connectivity index (χ1v) is 7.14. The van der Waals surface area contributed by atoms with Gasteiger partial charge < -0.3 is 15.4 Å². The molecule has 0 saturated heterocycles. The first-order valence-electron chi connectivity index (χ1n) is 7.14. The Kier molecular flexibility index (Phi) is 3.55. The van der Waals surface area contributed by atoms with Crippen LogP contribution in [0.25, 0.3) is 0 Å². The number of hydrogen-bond acceptors (Lipinski definition) is 5. The van der Waals surface area contributed by atoms with E-state index in [-0.39, 0.29) is 0 Å². The zero-order chi connectivity index (χ0) is 13.2. The molecule has 5 heteroatoms. The van der Waals surface area contributed by atoms with E-state index in [1.807, 2.05) is 13.1 Å². The highest BCUT2D eigenvalue weighted by Gasteiger charge is 2.28. The van der Waals surface area contributed by atoms with Gasteiger partial charge in [-0.1, -0.05) is 0 Å². The normalized spacial score (nSPS) is 26.4. The van der Waals surface area contributed by atoms with Gasteiger partial charge in [-0.2, -0.15) is 0 Å². The van der Waals surface area contributed by atoms with Gasteiger partial charge in [0.15, 0.2) is 0 Å². The molecule has 0 aromatic carbocycles. The molecule has 1 heterocycles. The molecule has 104 valence electrons. The molecule has 0 aliphatic heterocycles. The predicted octanol–water partition coefficient (Wildman–Crippen LogP) is 2.38. The van der Waals surface area contributed by atoms with E-state index >= 15 is 0 Å². The number of methoxy groups -OCH3 is 1. The Hall–Kier alpha value is -1.36. The number of anilines is 2. The summed E-state index contributed by atoms with van der Waals surface area (Å²) in [5.41, 5.74) is 0. The number of aromatic nitrogens is 2. The second-order valence-corrected chi connectivity index (χ2v) is 5.53. The lowest BCUT2D eigenvalue weighted by atomic mass is 10.2. The van der Waals surface area contributed by atoms with Crippen molar-refractivity contribution in [1.82, 2.24) is 9.97 Å². The van der Waals surface area contributed by atoms with Crippen LogP contribution in [0, 0.1) is 0 Å². The van der Waals surface area contributed by atoms with E-state index in [4.69, 9.17) is 4.74 Å². The smallest absolute Gasteiger partial charge is 0.136 e. The lowest BCUT2D eigenvalue weighted by molar-refractivity contribution is 0.108. The van der Waals surface area contributed by atoms with Gasteiger partial charge in [0.05, 0.1) is 6.10 Å². The fourth-order valence-corrected chi connectivity index (χ4v) is 2.69. The average Bonchev–Trinajstić information content (AvgIpc) is 3.19. The molecule has 2 fully saturated rings. The lowest BCUT2D eigenvalue weighted by Crippen LogP contribution is -2.18. The van der Waals surface area contributed by atoms with Crippen molar-refractivity contribution in [3.8, 4) is 0 Å². The van der Waals surface area contributed by atoms with Crippen molar-refractivity contribution in [1.29, 1.82) is 0 Å². The van der Waals surface area contributed by atoms with Crippen molar-refractivity contribution >= 4 is 11.6 Å². The molecule has 0 bridgehead atoms. The second-order valence-electron chi connectivity index (χ2n) is 5.53. The molecule has 0 amide bonds. The molecule has 0 spiro atoms. The topological polar surface area (TPSA) is 59.1 Å². The van der Waals surface area contributed by atoms with Crippen LogP contribution in [0.4, 0.5) is 11.6 Å². The first kappa shape index (κ1) is 12.7. The molecule has 19 heavy (non-hydrogen) atoms.